The first kappa shape index (κ1) is 27.8. The molecule has 10 heteroatoms. The maximum absolute atomic E-state index is 13.4. The number of pyridine rings is 1. The van der Waals surface area contributed by atoms with E-state index in [1.165, 1.54) is 0 Å². The van der Waals surface area contributed by atoms with Gasteiger partial charge in [-0.15, -0.1) is 0 Å². The van der Waals surface area contributed by atoms with Crippen molar-refractivity contribution < 1.29 is 28.7 Å². The molecule has 1 aromatic carbocycles. The lowest BCUT2D eigenvalue weighted by Crippen LogP contribution is -2.56. The van der Waals surface area contributed by atoms with E-state index in [2.05, 4.69) is 20.9 Å². The van der Waals surface area contributed by atoms with E-state index < -0.39 is 41.2 Å². The fraction of sp³-hybridized carbons (Fsp3) is 0.444. The van der Waals surface area contributed by atoms with Crippen molar-refractivity contribution in [1.29, 1.82) is 0 Å². The third-order valence-electron chi connectivity index (χ3n) is 5.65. The summed E-state index contributed by atoms with van der Waals surface area (Å²) in [6.45, 7) is 6.91. The molecule has 2 heterocycles. The average molecular weight is 511 g/mol. The van der Waals surface area contributed by atoms with Crippen molar-refractivity contribution in [2.75, 3.05) is 13.2 Å². The second-order valence-corrected chi connectivity index (χ2v) is 10.1. The van der Waals surface area contributed by atoms with Crippen molar-refractivity contribution in [2.45, 2.75) is 63.8 Å². The first-order chi connectivity index (χ1) is 17.4. The number of nitrogens with zero attached hydrogens (tertiary/aromatic N) is 1. The van der Waals surface area contributed by atoms with Gasteiger partial charge in [0.05, 0.1) is 13.2 Å². The van der Waals surface area contributed by atoms with Gasteiger partial charge in [-0.05, 0) is 45.4 Å². The number of alkyl carbamates (subject to hydrolysis) is 1. The summed E-state index contributed by atoms with van der Waals surface area (Å²) in [6, 6.07) is 12.4. The summed E-state index contributed by atoms with van der Waals surface area (Å²) in [5.41, 5.74) is -0.240. The summed E-state index contributed by atoms with van der Waals surface area (Å²) in [5, 5.41) is 7.94. The maximum atomic E-state index is 13.4. The Hall–Kier alpha value is -3.79. The molecule has 198 valence electrons. The second kappa shape index (κ2) is 12.0. The highest BCUT2D eigenvalue weighted by Crippen LogP contribution is 2.26. The minimum atomic E-state index is -1.06. The third-order valence-corrected chi connectivity index (χ3v) is 5.65. The molecular formula is C27H34N4O6. The number of Topliss-reactive ketones (excluding diaryl/α,β-unsaturated/α-hetero) is 1. The highest BCUT2D eigenvalue weighted by atomic mass is 16.6. The van der Waals surface area contributed by atoms with E-state index in [0.29, 0.717) is 12.3 Å². The Morgan fingerprint density at radius 1 is 0.973 bits per heavy atom. The largest absolute Gasteiger partial charge is 0.444 e. The molecule has 3 N–H and O–H groups in total. The standard InChI is InChI=1S/C27H34N4O6/c1-26(2,3)37-25(35)31-21(15-19-12-8-9-13-28-19)24(34)30-20(14-18-10-6-5-7-11-18)23(33)29-16-22(32)27(4)17-36-27/h5-13,20-21H,14-17H2,1-4H3,(H,29,33)(H,30,34)(H,31,35)/t20-,21-,27+/m0/s1. The van der Waals surface area contributed by atoms with Gasteiger partial charge in [0.2, 0.25) is 11.8 Å². The second-order valence-electron chi connectivity index (χ2n) is 10.1. The molecule has 0 bridgehead atoms. The first-order valence-electron chi connectivity index (χ1n) is 12.1. The van der Waals surface area contributed by atoms with E-state index in [1.807, 2.05) is 30.3 Å². The van der Waals surface area contributed by atoms with Crippen LogP contribution < -0.4 is 16.0 Å². The predicted molar refractivity (Wildman–Crippen MR) is 136 cm³/mol. The number of ether oxygens (including phenoxy) is 2. The molecule has 0 spiro atoms. The highest BCUT2D eigenvalue weighted by Gasteiger charge is 2.46. The number of benzene rings is 1. The van der Waals surface area contributed by atoms with Crippen molar-refractivity contribution in [2.24, 2.45) is 0 Å². The zero-order valence-electron chi connectivity index (χ0n) is 21.6. The van der Waals surface area contributed by atoms with E-state index in [0.717, 1.165) is 5.56 Å². The van der Waals surface area contributed by atoms with E-state index in [1.54, 1.807) is 52.1 Å². The minimum absolute atomic E-state index is 0.0831. The lowest BCUT2D eigenvalue weighted by molar-refractivity contribution is -0.131. The van der Waals surface area contributed by atoms with Crippen molar-refractivity contribution in [1.82, 2.24) is 20.9 Å². The van der Waals surface area contributed by atoms with E-state index in [-0.39, 0.29) is 25.2 Å². The number of rotatable bonds is 11. The maximum Gasteiger partial charge on any atom is 0.408 e. The van der Waals surface area contributed by atoms with Crippen molar-refractivity contribution in [3.8, 4) is 0 Å². The molecule has 10 nitrogen and oxygen atoms in total. The minimum Gasteiger partial charge on any atom is -0.444 e. The summed E-state index contributed by atoms with van der Waals surface area (Å²) in [7, 11) is 0. The lowest BCUT2D eigenvalue weighted by atomic mass is 10.0. The van der Waals surface area contributed by atoms with Crippen LogP contribution in [0.4, 0.5) is 4.79 Å². The Morgan fingerprint density at radius 2 is 1.62 bits per heavy atom. The number of carbonyl (C=O) groups excluding carboxylic acids is 4. The van der Waals surface area contributed by atoms with Crippen LogP contribution in [0.1, 0.15) is 39.0 Å². The van der Waals surface area contributed by atoms with Gasteiger partial charge in [-0.25, -0.2) is 4.79 Å². The molecule has 3 atom stereocenters. The van der Waals surface area contributed by atoms with Crippen LogP contribution in [0.25, 0.3) is 0 Å². The Kier molecular flexibility index (Phi) is 8.99. The molecule has 1 aromatic heterocycles. The topological polar surface area (TPSA) is 139 Å². The molecule has 1 aliphatic rings. The quantitative estimate of drug-likeness (QED) is 0.391. The van der Waals surface area contributed by atoms with Crippen LogP contribution in [0, 0.1) is 0 Å². The molecule has 0 saturated carbocycles. The monoisotopic (exact) mass is 510 g/mol. The normalized spacial score (nSPS) is 18.2. The molecular weight excluding hydrogens is 476 g/mol. The van der Waals surface area contributed by atoms with Gasteiger partial charge in [0, 0.05) is 24.7 Å². The van der Waals surface area contributed by atoms with Gasteiger partial charge in [-0.3, -0.25) is 19.4 Å². The number of amides is 3. The number of carbonyl (C=O) groups is 4. The number of hydrogen-bond acceptors (Lipinski definition) is 7. The summed E-state index contributed by atoms with van der Waals surface area (Å²) < 4.78 is 10.5. The van der Waals surface area contributed by atoms with Gasteiger partial charge in [0.15, 0.2) is 5.78 Å². The van der Waals surface area contributed by atoms with Gasteiger partial charge in [0.1, 0.15) is 23.3 Å². The SMILES string of the molecule is CC(C)(C)OC(=O)N[C@@H](Cc1ccccn1)C(=O)N[C@@H](Cc1ccccc1)C(=O)NCC(=O)[C@@]1(C)CO1. The number of aromatic nitrogens is 1. The number of hydrogen-bond donors (Lipinski definition) is 3. The lowest BCUT2D eigenvalue weighted by Gasteiger charge is -2.25. The highest BCUT2D eigenvalue weighted by molar-refractivity contribution is 5.96. The van der Waals surface area contributed by atoms with E-state index >= 15 is 0 Å². The summed E-state index contributed by atoms with van der Waals surface area (Å²) in [4.78, 5) is 55.5. The molecule has 1 saturated heterocycles. The van der Waals surface area contributed by atoms with Crippen LogP contribution in [0.15, 0.2) is 54.7 Å². The van der Waals surface area contributed by atoms with Crippen LogP contribution in [0.3, 0.4) is 0 Å². The van der Waals surface area contributed by atoms with Gasteiger partial charge < -0.3 is 25.4 Å². The molecule has 37 heavy (non-hydrogen) atoms. The smallest absolute Gasteiger partial charge is 0.408 e. The van der Waals surface area contributed by atoms with Gasteiger partial charge in [-0.2, -0.15) is 0 Å². The van der Waals surface area contributed by atoms with Crippen LogP contribution in [0.2, 0.25) is 0 Å². The van der Waals surface area contributed by atoms with E-state index in [4.69, 9.17) is 9.47 Å². The van der Waals surface area contributed by atoms with Gasteiger partial charge in [0.25, 0.3) is 0 Å². The molecule has 3 amide bonds. The molecule has 1 aliphatic heterocycles. The summed E-state index contributed by atoms with van der Waals surface area (Å²) in [5.74, 6) is -1.36. The van der Waals surface area contributed by atoms with Crippen LogP contribution in [-0.2, 0) is 36.7 Å². The molecule has 0 unspecified atom stereocenters. The van der Waals surface area contributed by atoms with Crippen molar-refractivity contribution >= 4 is 23.7 Å². The average Bonchev–Trinajstić information content (AvgIpc) is 3.60. The molecule has 2 aromatic rings. The summed E-state index contributed by atoms with van der Waals surface area (Å²) in [6.07, 6.45) is 1.09. The Morgan fingerprint density at radius 3 is 2.22 bits per heavy atom. The molecule has 0 radical (unpaired) electrons. The Labute approximate surface area is 216 Å². The van der Waals surface area contributed by atoms with E-state index in [9.17, 15) is 19.2 Å². The molecule has 1 fully saturated rings. The number of epoxide rings is 1. The molecule has 0 aliphatic carbocycles. The zero-order valence-corrected chi connectivity index (χ0v) is 21.6. The number of ketones is 1. The van der Waals surface area contributed by atoms with Crippen LogP contribution in [0.5, 0.6) is 0 Å². The van der Waals surface area contributed by atoms with Crippen LogP contribution >= 0.6 is 0 Å². The van der Waals surface area contributed by atoms with Gasteiger partial charge in [-0.1, -0.05) is 36.4 Å². The van der Waals surface area contributed by atoms with Crippen LogP contribution in [-0.4, -0.2) is 65.1 Å². The van der Waals surface area contributed by atoms with Crippen molar-refractivity contribution in [3.63, 3.8) is 0 Å². The molecule has 3 rings (SSSR count). The fourth-order valence-corrected chi connectivity index (χ4v) is 3.47. The Bertz CT molecular complexity index is 1100. The first-order valence-corrected chi connectivity index (χ1v) is 12.1. The Balaban J connectivity index is 1.75. The van der Waals surface area contributed by atoms with Crippen molar-refractivity contribution in [3.05, 3.63) is 66.0 Å². The zero-order chi connectivity index (χ0) is 27.1. The predicted octanol–water partition coefficient (Wildman–Crippen LogP) is 1.72. The fourth-order valence-electron chi connectivity index (χ4n) is 3.47. The van der Waals surface area contributed by atoms with Gasteiger partial charge >= 0.3 is 6.09 Å². The number of nitrogens with one attached hydrogen (secondary N) is 3. The third kappa shape index (κ3) is 8.98. The summed E-state index contributed by atoms with van der Waals surface area (Å²) >= 11 is 0.